The van der Waals surface area contributed by atoms with Gasteiger partial charge in [0, 0.05) is 0 Å². The average molecular weight is 435 g/mol. The van der Waals surface area contributed by atoms with Gasteiger partial charge in [-0.05, 0) is 29.8 Å². The van der Waals surface area contributed by atoms with Crippen LogP contribution >= 0.6 is 0 Å². The average Bonchev–Trinajstić information content (AvgIpc) is 3.60. The third-order valence-corrected chi connectivity index (χ3v) is 7.40. The summed E-state index contributed by atoms with van der Waals surface area (Å²) in [6, 6.07) is 29.1. The smallest absolute Gasteiger partial charge is 0.240 e. The molecule has 3 saturated heterocycles. The Morgan fingerprint density at radius 2 is 1.18 bits per heavy atom. The molecule has 162 valence electrons. The Bertz CT molecular complexity index is 1280. The molecule has 2 bridgehead atoms. The van der Waals surface area contributed by atoms with Crippen LogP contribution in [0.4, 0.5) is 11.4 Å². The predicted octanol–water partition coefficient (Wildman–Crippen LogP) is 3.48. The number of nitrogens with zero attached hydrogens (tertiary/aromatic N) is 3. The van der Waals surface area contributed by atoms with Gasteiger partial charge < -0.3 is 4.74 Å². The third-order valence-electron chi connectivity index (χ3n) is 7.40. The van der Waals surface area contributed by atoms with E-state index < -0.39 is 11.8 Å². The maximum Gasteiger partial charge on any atom is 0.240 e. The minimum absolute atomic E-state index is 0.0775. The molecule has 0 aliphatic carbocycles. The first-order chi connectivity index (χ1) is 16.2. The first-order valence-corrected chi connectivity index (χ1v) is 11.3. The Balaban J connectivity index is 1.33. The van der Waals surface area contributed by atoms with Crippen LogP contribution in [-0.2, 0) is 14.3 Å². The van der Waals surface area contributed by atoms with Crippen molar-refractivity contribution in [2.45, 2.75) is 18.2 Å². The molecule has 4 aliphatic heterocycles. The Morgan fingerprint density at radius 3 is 1.82 bits per heavy atom. The van der Waals surface area contributed by atoms with E-state index >= 15 is 0 Å². The van der Waals surface area contributed by atoms with Crippen LogP contribution in [0, 0.1) is 17.8 Å². The predicted molar refractivity (Wildman–Crippen MR) is 124 cm³/mol. The number of carbonyl (C=O) groups excluding carboxylic acids is 2. The zero-order valence-corrected chi connectivity index (χ0v) is 17.7. The molecule has 6 atom stereocenters. The number of anilines is 2. The van der Waals surface area contributed by atoms with Gasteiger partial charge >= 0.3 is 0 Å². The van der Waals surface area contributed by atoms with E-state index in [-0.39, 0.29) is 36.0 Å². The maximum absolute atomic E-state index is 13.5. The minimum atomic E-state index is -0.486. The zero-order valence-electron chi connectivity index (χ0n) is 17.7. The second kappa shape index (κ2) is 6.86. The lowest BCUT2D eigenvalue weighted by molar-refractivity contribution is -0.125. The van der Waals surface area contributed by atoms with E-state index in [0.29, 0.717) is 5.69 Å². The molecule has 4 aliphatic rings. The standard InChI is InChI=1S/C27H21N3O3/c31-26-19-20(27(32)29(26)17-12-6-2-7-13-17)25-23-21(24(19)33-25)22(16-10-4-1-5-11-16)28-30(23)18-14-8-3-9-15-18/h1-15,19-21,23-25H/t19-,20+,21+,23-,24-,25+/m1/s1. The van der Waals surface area contributed by atoms with Gasteiger partial charge in [-0.25, -0.2) is 4.90 Å². The topological polar surface area (TPSA) is 62.2 Å². The normalized spacial score (nSPS) is 31.7. The molecule has 3 aromatic carbocycles. The quantitative estimate of drug-likeness (QED) is 0.591. The Hall–Kier alpha value is -3.77. The van der Waals surface area contributed by atoms with Crippen molar-refractivity contribution in [1.82, 2.24) is 0 Å². The fraction of sp³-hybridized carbons (Fsp3) is 0.222. The number of ether oxygens (including phenoxy) is 1. The summed E-state index contributed by atoms with van der Waals surface area (Å²) >= 11 is 0. The molecule has 2 amide bonds. The van der Waals surface area contributed by atoms with Crippen LogP contribution in [0.2, 0.25) is 0 Å². The molecule has 0 radical (unpaired) electrons. The SMILES string of the molecule is O=C1[C@@H]2[C@@H]3O[C@@H]([C@H]4C(c5ccccc5)=NN(c5ccccc5)[C@@H]34)[C@@H]2C(=O)N1c1ccccc1. The number of benzene rings is 3. The number of rotatable bonds is 3. The van der Waals surface area contributed by atoms with Crippen LogP contribution in [0.15, 0.2) is 96.1 Å². The van der Waals surface area contributed by atoms with Gasteiger partial charge in [-0.1, -0.05) is 66.7 Å². The van der Waals surface area contributed by atoms with Gasteiger partial charge in [0.1, 0.15) is 0 Å². The Labute approximate surface area is 191 Å². The molecular weight excluding hydrogens is 414 g/mol. The van der Waals surface area contributed by atoms with Crippen molar-refractivity contribution in [3.8, 4) is 0 Å². The number of carbonyl (C=O) groups is 2. The highest BCUT2D eigenvalue weighted by molar-refractivity contribution is 6.23. The van der Waals surface area contributed by atoms with E-state index in [1.807, 2.05) is 96.0 Å². The zero-order chi connectivity index (χ0) is 22.1. The number of para-hydroxylation sites is 2. The fourth-order valence-electron chi connectivity index (χ4n) is 6.11. The van der Waals surface area contributed by atoms with E-state index in [4.69, 9.17) is 9.84 Å². The van der Waals surface area contributed by atoms with Crippen LogP contribution in [0.3, 0.4) is 0 Å². The molecule has 7 rings (SSSR count). The molecule has 6 nitrogen and oxygen atoms in total. The van der Waals surface area contributed by atoms with Gasteiger partial charge in [-0.15, -0.1) is 0 Å². The summed E-state index contributed by atoms with van der Waals surface area (Å²) in [5.41, 5.74) is 3.54. The van der Waals surface area contributed by atoms with E-state index in [1.54, 1.807) is 0 Å². The summed E-state index contributed by atoms with van der Waals surface area (Å²) in [5.74, 6) is -1.36. The second-order valence-corrected chi connectivity index (χ2v) is 9.01. The van der Waals surface area contributed by atoms with Crippen molar-refractivity contribution >= 4 is 28.9 Å². The van der Waals surface area contributed by atoms with E-state index in [1.165, 1.54) is 4.90 Å². The molecule has 0 aromatic heterocycles. The molecule has 6 heteroatoms. The van der Waals surface area contributed by atoms with Crippen molar-refractivity contribution in [2.24, 2.45) is 22.9 Å². The third kappa shape index (κ3) is 2.50. The minimum Gasteiger partial charge on any atom is -0.370 e. The maximum atomic E-state index is 13.5. The van der Waals surface area contributed by atoms with Crippen molar-refractivity contribution in [2.75, 3.05) is 9.91 Å². The van der Waals surface area contributed by atoms with Crippen molar-refractivity contribution < 1.29 is 14.3 Å². The van der Waals surface area contributed by atoms with Crippen LogP contribution in [0.25, 0.3) is 0 Å². The van der Waals surface area contributed by atoms with Gasteiger partial charge in [0.25, 0.3) is 0 Å². The molecule has 3 aromatic rings. The van der Waals surface area contributed by atoms with Gasteiger partial charge in [-0.2, -0.15) is 5.10 Å². The first-order valence-electron chi connectivity index (χ1n) is 11.3. The van der Waals surface area contributed by atoms with Gasteiger partial charge in [0.15, 0.2) is 0 Å². The molecule has 0 spiro atoms. The number of hydrogen-bond acceptors (Lipinski definition) is 5. The van der Waals surface area contributed by atoms with Crippen molar-refractivity contribution in [3.63, 3.8) is 0 Å². The molecule has 3 fully saturated rings. The van der Waals surface area contributed by atoms with Gasteiger partial charge in [-0.3, -0.25) is 14.6 Å². The summed E-state index contributed by atoms with van der Waals surface area (Å²) in [7, 11) is 0. The highest BCUT2D eigenvalue weighted by Crippen LogP contribution is 2.56. The lowest BCUT2D eigenvalue weighted by Crippen LogP contribution is -2.50. The molecule has 0 saturated carbocycles. The molecule has 4 heterocycles. The number of amides is 2. The molecule has 33 heavy (non-hydrogen) atoms. The van der Waals surface area contributed by atoms with Crippen molar-refractivity contribution in [3.05, 3.63) is 96.6 Å². The number of fused-ring (bicyclic) bond motifs is 8. The summed E-state index contributed by atoms with van der Waals surface area (Å²) in [6.07, 6.45) is -0.761. The molecular formula is C27H21N3O3. The Morgan fingerprint density at radius 1 is 0.636 bits per heavy atom. The van der Waals surface area contributed by atoms with E-state index in [9.17, 15) is 9.59 Å². The second-order valence-electron chi connectivity index (χ2n) is 9.01. The first kappa shape index (κ1) is 18.8. The molecule has 0 unspecified atom stereocenters. The van der Waals surface area contributed by atoms with Crippen LogP contribution in [0.1, 0.15) is 5.56 Å². The molecule has 0 N–H and O–H groups in total. The largest absolute Gasteiger partial charge is 0.370 e. The summed E-state index contributed by atoms with van der Waals surface area (Å²) < 4.78 is 6.44. The summed E-state index contributed by atoms with van der Waals surface area (Å²) in [6.45, 7) is 0. The van der Waals surface area contributed by atoms with Gasteiger partial charge in [0.05, 0.1) is 53.1 Å². The summed E-state index contributed by atoms with van der Waals surface area (Å²) in [4.78, 5) is 28.4. The fourth-order valence-corrected chi connectivity index (χ4v) is 6.11. The highest BCUT2D eigenvalue weighted by Gasteiger charge is 2.72. The van der Waals surface area contributed by atoms with E-state index in [2.05, 4.69) is 0 Å². The lowest BCUT2D eigenvalue weighted by atomic mass is 9.70. The highest BCUT2D eigenvalue weighted by atomic mass is 16.5. The van der Waals surface area contributed by atoms with E-state index in [0.717, 1.165) is 17.0 Å². The Kier molecular flexibility index (Phi) is 3.90. The number of hydrogen-bond donors (Lipinski definition) is 0. The van der Waals surface area contributed by atoms with Crippen LogP contribution in [-0.4, -0.2) is 35.8 Å². The van der Waals surface area contributed by atoms with Gasteiger partial charge in [0.2, 0.25) is 11.8 Å². The summed E-state index contributed by atoms with van der Waals surface area (Å²) in [5, 5.41) is 7.05. The van der Waals surface area contributed by atoms with Crippen LogP contribution < -0.4 is 9.91 Å². The number of hydrazone groups is 1. The number of imide groups is 1. The van der Waals surface area contributed by atoms with Crippen molar-refractivity contribution in [1.29, 1.82) is 0 Å². The lowest BCUT2D eigenvalue weighted by Gasteiger charge is -2.32. The van der Waals surface area contributed by atoms with Crippen LogP contribution in [0.5, 0.6) is 0 Å². The monoisotopic (exact) mass is 435 g/mol.